The number of rotatable bonds is 4. The van der Waals surface area contributed by atoms with E-state index in [9.17, 15) is 9.59 Å². The van der Waals surface area contributed by atoms with Crippen molar-refractivity contribution in [1.29, 1.82) is 0 Å². The van der Waals surface area contributed by atoms with E-state index >= 15 is 0 Å². The number of nitrogens with two attached hydrogens (primary N) is 2. The van der Waals surface area contributed by atoms with Crippen LogP contribution in [0, 0.1) is 0 Å². The first-order valence-electron chi connectivity index (χ1n) is 9.70. The number of nitrogen functional groups attached to an aromatic ring is 1. The largest absolute Gasteiger partial charge is 0.464 e. The molecule has 5 N–H and O–H groups in total. The van der Waals surface area contributed by atoms with E-state index in [1.54, 1.807) is 18.5 Å². The fraction of sp³-hybridized carbons (Fsp3) is 0.0833. The summed E-state index contributed by atoms with van der Waals surface area (Å²) in [7, 11) is 2.71. The quantitative estimate of drug-likeness (QED) is 0.234. The number of aromatic nitrogens is 2. The number of nitrogens with zero attached hydrogens (tertiary/aromatic N) is 1. The zero-order chi connectivity index (χ0) is 24.2. The first-order valence-corrected chi connectivity index (χ1v) is 10.1. The Labute approximate surface area is 196 Å². The molecule has 0 saturated heterocycles. The van der Waals surface area contributed by atoms with Crippen molar-refractivity contribution in [2.75, 3.05) is 20.1 Å². The Hall–Kier alpha value is -4.01. The van der Waals surface area contributed by atoms with Crippen LogP contribution in [0.15, 0.2) is 85.2 Å². The smallest absolute Gasteiger partial charge is 0.357 e. The molecule has 0 atom stereocenters. The van der Waals surface area contributed by atoms with E-state index in [0.717, 1.165) is 22.3 Å². The van der Waals surface area contributed by atoms with Gasteiger partial charge in [0, 0.05) is 23.5 Å². The Kier molecular flexibility index (Phi) is 9.76. The molecule has 9 heteroatoms. The number of ether oxygens (including phenoxy) is 2. The normalized spacial score (nSPS) is 9.58. The molecule has 33 heavy (non-hydrogen) atoms. The van der Waals surface area contributed by atoms with Crippen LogP contribution in [0.5, 0.6) is 0 Å². The van der Waals surface area contributed by atoms with Crippen molar-refractivity contribution in [2.45, 2.75) is 0 Å². The minimum atomic E-state index is -0.439. The Morgan fingerprint density at radius 2 is 1.30 bits per heavy atom. The highest BCUT2D eigenvalue weighted by atomic mass is 35.5. The molecule has 0 radical (unpaired) electrons. The maximum Gasteiger partial charge on any atom is 0.357 e. The minimum Gasteiger partial charge on any atom is -0.464 e. The van der Waals surface area contributed by atoms with Crippen LogP contribution in [0.4, 0.5) is 0 Å². The van der Waals surface area contributed by atoms with Crippen molar-refractivity contribution in [2.24, 2.45) is 5.25 Å². The summed E-state index contributed by atoms with van der Waals surface area (Å²) in [6.45, 7) is 0. The van der Waals surface area contributed by atoms with Gasteiger partial charge in [-0.2, -0.15) is 0 Å². The molecule has 0 unspecified atom stereocenters. The Morgan fingerprint density at radius 3 is 1.82 bits per heavy atom. The second-order valence-corrected chi connectivity index (χ2v) is 6.47. The van der Waals surface area contributed by atoms with E-state index in [1.807, 2.05) is 66.7 Å². The van der Waals surface area contributed by atoms with Crippen molar-refractivity contribution in [3.63, 3.8) is 0 Å². The maximum atomic E-state index is 11.6. The van der Waals surface area contributed by atoms with E-state index in [2.05, 4.69) is 26.8 Å². The zero-order valence-corrected chi connectivity index (χ0v) is 19.0. The maximum absolute atomic E-state index is 11.6. The lowest BCUT2D eigenvalue weighted by Gasteiger charge is -2.05. The monoisotopic (exact) mass is 468 g/mol. The van der Waals surface area contributed by atoms with Gasteiger partial charge in [-0.25, -0.2) is 14.8 Å². The summed E-state index contributed by atoms with van der Waals surface area (Å²) in [4.78, 5) is 25.9. The third-order valence-electron chi connectivity index (χ3n) is 4.60. The molecule has 4 aromatic rings. The van der Waals surface area contributed by atoms with Crippen LogP contribution in [0.25, 0.3) is 22.3 Å². The molecule has 0 saturated carbocycles. The number of carbonyl (C=O) groups excluding carboxylic acids is 2. The molecule has 0 aliphatic rings. The summed E-state index contributed by atoms with van der Waals surface area (Å²) in [5.74, 6) is 4.88. The summed E-state index contributed by atoms with van der Waals surface area (Å²) in [6, 6.07) is 22.9. The van der Waals surface area contributed by atoms with Crippen molar-refractivity contribution >= 4 is 23.7 Å². The molecule has 0 amide bonds. The van der Waals surface area contributed by atoms with Gasteiger partial charge in [0.2, 0.25) is 0 Å². The first-order chi connectivity index (χ1) is 16.1. The summed E-state index contributed by atoms with van der Waals surface area (Å²) in [5, 5.41) is 3.97. The Balaban J connectivity index is 0.000000218. The molecule has 0 aliphatic heterocycles. The molecule has 2 aromatic carbocycles. The highest BCUT2D eigenvalue weighted by Crippen LogP contribution is 2.24. The average molecular weight is 469 g/mol. The van der Waals surface area contributed by atoms with Gasteiger partial charge in [0.15, 0.2) is 5.69 Å². The summed E-state index contributed by atoms with van der Waals surface area (Å²) in [6.07, 6.45) is 3.36. The van der Waals surface area contributed by atoms with E-state index in [4.69, 9.17) is 10.6 Å². The molecule has 8 nitrogen and oxygen atoms in total. The summed E-state index contributed by atoms with van der Waals surface area (Å²) >= 11 is 4.14. The number of nitrogens with one attached hydrogen (secondary N) is 1. The van der Waals surface area contributed by atoms with E-state index < -0.39 is 5.97 Å². The summed E-state index contributed by atoms with van der Waals surface area (Å²) < 4.78 is 10.7. The zero-order valence-electron chi connectivity index (χ0n) is 18.2. The van der Waals surface area contributed by atoms with Gasteiger partial charge in [0.05, 0.1) is 14.2 Å². The lowest BCUT2D eigenvalue weighted by Crippen LogP contribution is -2.17. The van der Waals surface area contributed by atoms with Crippen molar-refractivity contribution in [1.82, 2.24) is 9.66 Å². The van der Waals surface area contributed by atoms with Gasteiger partial charge in [-0.1, -0.05) is 60.7 Å². The van der Waals surface area contributed by atoms with Gasteiger partial charge in [0.25, 0.3) is 0 Å². The number of hydrogen-bond acceptors (Lipinski definition) is 6. The topological polar surface area (TPSA) is 125 Å². The first kappa shape index (κ1) is 25.3. The second-order valence-electron chi connectivity index (χ2n) is 6.47. The lowest BCUT2D eigenvalue weighted by molar-refractivity contribution is 0.0584. The van der Waals surface area contributed by atoms with Crippen LogP contribution in [0.1, 0.15) is 21.0 Å². The molecular weight excluding hydrogens is 444 g/mol. The van der Waals surface area contributed by atoms with Crippen molar-refractivity contribution in [3.05, 3.63) is 96.6 Å². The number of halogens is 1. The predicted molar refractivity (Wildman–Crippen MR) is 129 cm³/mol. The number of esters is 2. The number of aromatic amines is 1. The number of methoxy groups -OCH3 is 2. The second kappa shape index (κ2) is 12.7. The van der Waals surface area contributed by atoms with Gasteiger partial charge < -0.3 is 20.3 Å². The van der Waals surface area contributed by atoms with Crippen LogP contribution in [-0.4, -0.2) is 35.8 Å². The molecule has 0 spiro atoms. The van der Waals surface area contributed by atoms with Gasteiger partial charge >= 0.3 is 11.9 Å². The molecule has 172 valence electrons. The van der Waals surface area contributed by atoms with Crippen LogP contribution in [-0.2, 0) is 9.47 Å². The van der Waals surface area contributed by atoms with Crippen molar-refractivity contribution < 1.29 is 19.1 Å². The van der Waals surface area contributed by atoms with Gasteiger partial charge in [0.1, 0.15) is 5.69 Å². The Bertz CT molecular complexity index is 1160. The third kappa shape index (κ3) is 6.25. The molecule has 2 aromatic heterocycles. The fourth-order valence-electron chi connectivity index (χ4n) is 3.11. The molecule has 2 heterocycles. The van der Waals surface area contributed by atoms with Gasteiger partial charge in [-0.15, -0.1) is 0 Å². The highest BCUT2D eigenvalue weighted by Gasteiger charge is 2.17. The molecule has 0 fully saturated rings. The van der Waals surface area contributed by atoms with Crippen LogP contribution >= 0.6 is 11.8 Å². The van der Waals surface area contributed by atoms with Crippen LogP contribution < -0.4 is 11.1 Å². The van der Waals surface area contributed by atoms with E-state index in [0.29, 0.717) is 11.4 Å². The van der Waals surface area contributed by atoms with E-state index in [-0.39, 0.29) is 5.97 Å². The Morgan fingerprint density at radius 1 is 0.788 bits per heavy atom. The highest BCUT2D eigenvalue weighted by molar-refractivity contribution is 6.11. The fourth-order valence-corrected chi connectivity index (χ4v) is 3.11. The van der Waals surface area contributed by atoms with Crippen molar-refractivity contribution in [3.8, 4) is 22.3 Å². The molecule has 0 bridgehead atoms. The minimum absolute atomic E-state index is 0.348. The number of carbonyl (C=O) groups is 2. The SMILES string of the molecule is COC(=O)c1[nH]ccc1-c1ccccc1.COC(=O)c1c(-c2ccccc2)ccn1N.NCl. The average Bonchev–Trinajstić information content (AvgIpc) is 3.53. The predicted octanol–water partition coefficient (Wildman–Crippen LogP) is 4.22. The lowest BCUT2D eigenvalue weighted by atomic mass is 10.1. The van der Waals surface area contributed by atoms with Gasteiger partial charge in [-0.3, -0.25) is 4.68 Å². The van der Waals surface area contributed by atoms with Gasteiger partial charge in [-0.05, 0) is 35.0 Å². The molecular formula is C24H25ClN4O4. The number of H-pyrrole nitrogens is 1. The third-order valence-corrected chi connectivity index (χ3v) is 4.60. The summed E-state index contributed by atoms with van der Waals surface area (Å²) in [5.41, 5.74) is 4.42. The molecule has 4 rings (SSSR count). The molecule has 0 aliphatic carbocycles. The number of hydrogen-bond donors (Lipinski definition) is 3. The van der Waals surface area contributed by atoms with Crippen LogP contribution in [0.3, 0.4) is 0 Å². The standard InChI is InChI=1S/C12H12N2O2.C12H11NO2.ClH2N/c1-16-12(15)11-10(7-8-14(11)13)9-5-3-2-4-6-9;1-15-12(14)11-10(7-8-13-11)9-5-3-2-4-6-9;1-2/h2-8H,13H2,1H3;2-8,13H,1H3;2H2. The van der Waals surface area contributed by atoms with Crippen LogP contribution in [0.2, 0.25) is 0 Å². The number of benzene rings is 2. The van der Waals surface area contributed by atoms with E-state index in [1.165, 1.54) is 18.9 Å².